The van der Waals surface area contributed by atoms with E-state index in [1.165, 1.54) is 0 Å². The van der Waals surface area contributed by atoms with Crippen LogP contribution in [0.1, 0.15) is 20.8 Å². The number of amides is 1. The number of nitrogens with zero attached hydrogens (tertiary/aromatic N) is 1. The van der Waals surface area contributed by atoms with Crippen LogP contribution in [0.25, 0.3) is 0 Å². The van der Waals surface area contributed by atoms with Crippen molar-refractivity contribution >= 4 is 24.0 Å². The molecule has 1 rings (SSSR count). The van der Waals surface area contributed by atoms with Crippen molar-refractivity contribution < 1.29 is 4.79 Å². The van der Waals surface area contributed by atoms with Gasteiger partial charge in [0.15, 0.2) is 0 Å². The third kappa shape index (κ3) is 4.16. The highest BCUT2D eigenvalue weighted by Gasteiger charge is 2.27. The maximum atomic E-state index is 11.7. The molecule has 4 nitrogen and oxygen atoms in total. The summed E-state index contributed by atoms with van der Waals surface area (Å²) in [5.41, 5.74) is 6.23. The van der Waals surface area contributed by atoms with Crippen LogP contribution in [0.3, 0.4) is 0 Å². The summed E-state index contributed by atoms with van der Waals surface area (Å²) in [6.45, 7) is 5.79. The van der Waals surface area contributed by atoms with Crippen LogP contribution in [0.2, 0.25) is 0 Å². The average Bonchev–Trinajstić information content (AvgIpc) is 2.16. The Kier molecular flexibility index (Phi) is 5.41. The number of carbonyl (C=O) groups is 1. The highest BCUT2D eigenvalue weighted by molar-refractivity contribution is 5.95. The lowest BCUT2D eigenvalue weighted by Crippen LogP contribution is -2.45. The van der Waals surface area contributed by atoms with E-state index in [0.29, 0.717) is 5.69 Å². The van der Waals surface area contributed by atoms with Gasteiger partial charge in [-0.2, -0.15) is 0 Å². The zero-order valence-corrected chi connectivity index (χ0v) is 10.5. The van der Waals surface area contributed by atoms with E-state index in [4.69, 9.17) is 5.73 Å². The molecule has 0 saturated carbocycles. The average molecular weight is 244 g/mol. The van der Waals surface area contributed by atoms with Crippen molar-refractivity contribution in [3.63, 3.8) is 0 Å². The number of pyridine rings is 1. The minimum Gasteiger partial charge on any atom is -0.323 e. The molecule has 0 fully saturated rings. The first-order valence-corrected chi connectivity index (χ1v) is 4.88. The van der Waals surface area contributed by atoms with Gasteiger partial charge in [-0.15, -0.1) is 12.4 Å². The van der Waals surface area contributed by atoms with E-state index in [2.05, 4.69) is 10.3 Å². The van der Waals surface area contributed by atoms with Gasteiger partial charge >= 0.3 is 0 Å². The molecule has 0 aliphatic carbocycles. The van der Waals surface area contributed by atoms with Crippen molar-refractivity contribution in [2.75, 3.05) is 5.32 Å². The zero-order valence-electron chi connectivity index (χ0n) is 9.73. The standard InChI is InChI=1S/C11H17N3O.ClH/c1-11(2,3)9(12)10(15)14-8-5-4-6-13-7-8;/h4-7,9H,12H2,1-3H3,(H,14,15);1H/t9-;/m1./s1. The number of nitrogens with one attached hydrogen (secondary N) is 1. The molecular weight excluding hydrogens is 226 g/mol. The Morgan fingerprint density at radius 2 is 2.12 bits per heavy atom. The molecule has 1 aromatic heterocycles. The van der Waals surface area contributed by atoms with Crippen molar-refractivity contribution in [1.82, 2.24) is 4.98 Å². The lowest BCUT2D eigenvalue weighted by Gasteiger charge is -2.25. The monoisotopic (exact) mass is 243 g/mol. The Morgan fingerprint density at radius 3 is 2.56 bits per heavy atom. The van der Waals surface area contributed by atoms with Crippen LogP contribution in [0, 0.1) is 5.41 Å². The minimum absolute atomic E-state index is 0. The number of rotatable bonds is 2. The lowest BCUT2D eigenvalue weighted by molar-refractivity contribution is -0.119. The quantitative estimate of drug-likeness (QED) is 0.833. The summed E-state index contributed by atoms with van der Waals surface area (Å²) < 4.78 is 0. The van der Waals surface area contributed by atoms with Gasteiger partial charge in [0, 0.05) is 6.20 Å². The predicted molar refractivity (Wildman–Crippen MR) is 67.5 cm³/mol. The summed E-state index contributed by atoms with van der Waals surface area (Å²) in [5, 5.41) is 2.72. The van der Waals surface area contributed by atoms with Crippen LogP contribution in [0.5, 0.6) is 0 Å². The Balaban J connectivity index is 0.00000225. The smallest absolute Gasteiger partial charge is 0.241 e. The molecule has 0 aliphatic rings. The van der Waals surface area contributed by atoms with Gasteiger partial charge in [0.25, 0.3) is 0 Å². The van der Waals surface area contributed by atoms with Crippen LogP contribution < -0.4 is 11.1 Å². The number of hydrogen-bond acceptors (Lipinski definition) is 3. The van der Waals surface area contributed by atoms with Gasteiger partial charge in [-0.05, 0) is 17.5 Å². The Hall–Kier alpha value is -1.13. The van der Waals surface area contributed by atoms with Gasteiger partial charge in [0.1, 0.15) is 0 Å². The van der Waals surface area contributed by atoms with Crippen LogP contribution in [0.4, 0.5) is 5.69 Å². The zero-order chi connectivity index (χ0) is 11.5. The summed E-state index contributed by atoms with van der Waals surface area (Å²) >= 11 is 0. The number of carbonyl (C=O) groups excluding carboxylic acids is 1. The van der Waals surface area contributed by atoms with E-state index in [1.807, 2.05) is 20.8 Å². The molecule has 1 atom stereocenters. The SMILES string of the molecule is CC(C)(C)[C@H](N)C(=O)Nc1cccnc1.Cl. The molecule has 1 amide bonds. The second-order valence-electron chi connectivity index (χ2n) is 4.57. The van der Waals surface area contributed by atoms with E-state index in [1.54, 1.807) is 24.5 Å². The third-order valence-corrected chi connectivity index (χ3v) is 2.14. The molecular formula is C11H18ClN3O. The molecule has 1 aromatic rings. The summed E-state index contributed by atoms with van der Waals surface area (Å²) in [4.78, 5) is 15.6. The molecule has 90 valence electrons. The van der Waals surface area contributed by atoms with Gasteiger partial charge in [-0.3, -0.25) is 9.78 Å². The Bertz CT molecular complexity index is 335. The number of halogens is 1. The summed E-state index contributed by atoms with van der Waals surface area (Å²) in [7, 11) is 0. The first-order chi connectivity index (χ1) is 6.91. The van der Waals surface area contributed by atoms with Crippen molar-refractivity contribution in [2.24, 2.45) is 11.1 Å². The van der Waals surface area contributed by atoms with E-state index in [0.717, 1.165) is 0 Å². The number of nitrogens with two attached hydrogens (primary N) is 1. The highest BCUT2D eigenvalue weighted by Crippen LogP contribution is 2.18. The molecule has 0 unspecified atom stereocenters. The summed E-state index contributed by atoms with van der Waals surface area (Å²) in [6.07, 6.45) is 3.24. The van der Waals surface area contributed by atoms with Crippen LogP contribution >= 0.6 is 12.4 Å². The Labute approximate surface area is 102 Å². The maximum Gasteiger partial charge on any atom is 0.241 e. The van der Waals surface area contributed by atoms with Crippen molar-refractivity contribution in [2.45, 2.75) is 26.8 Å². The van der Waals surface area contributed by atoms with E-state index in [-0.39, 0.29) is 23.7 Å². The fourth-order valence-corrected chi connectivity index (χ4v) is 1.05. The van der Waals surface area contributed by atoms with Crippen molar-refractivity contribution in [3.05, 3.63) is 24.5 Å². The highest BCUT2D eigenvalue weighted by atomic mass is 35.5. The van der Waals surface area contributed by atoms with Crippen LogP contribution in [0.15, 0.2) is 24.5 Å². The normalized spacial score (nSPS) is 12.5. The summed E-state index contributed by atoms with van der Waals surface area (Å²) in [6, 6.07) is 3.01. The maximum absolute atomic E-state index is 11.7. The largest absolute Gasteiger partial charge is 0.323 e. The second-order valence-corrected chi connectivity index (χ2v) is 4.57. The van der Waals surface area contributed by atoms with Crippen molar-refractivity contribution in [3.8, 4) is 0 Å². The fourth-order valence-electron chi connectivity index (χ4n) is 1.05. The molecule has 0 bridgehead atoms. The lowest BCUT2D eigenvalue weighted by atomic mass is 9.87. The fraction of sp³-hybridized carbons (Fsp3) is 0.455. The molecule has 0 aromatic carbocycles. The topological polar surface area (TPSA) is 68.0 Å². The molecule has 0 spiro atoms. The van der Waals surface area contributed by atoms with Gasteiger partial charge in [0.05, 0.1) is 17.9 Å². The van der Waals surface area contributed by atoms with Gasteiger partial charge in [0.2, 0.25) is 5.91 Å². The number of hydrogen-bond donors (Lipinski definition) is 2. The number of anilines is 1. The van der Waals surface area contributed by atoms with Gasteiger partial charge in [-0.25, -0.2) is 0 Å². The first-order valence-electron chi connectivity index (χ1n) is 4.88. The van der Waals surface area contributed by atoms with Gasteiger partial charge < -0.3 is 11.1 Å². The second kappa shape index (κ2) is 5.82. The molecule has 3 N–H and O–H groups in total. The van der Waals surface area contributed by atoms with Crippen LogP contribution in [-0.2, 0) is 4.79 Å². The molecule has 0 saturated heterocycles. The Morgan fingerprint density at radius 1 is 1.50 bits per heavy atom. The predicted octanol–water partition coefficient (Wildman–Crippen LogP) is 1.82. The molecule has 0 aliphatic heterocycles. The van der Waals surface area contributed by atoms with Crippen molar-refractivity contribution in [1.29, 1.82) is 0 Å². The minimum atomic E-state index is -0.530. The van der Waals surface area contributed by atoms with Crippen LogP contribution in [-0.4, -0.2) is 16.9 Å². The van der Waals surface area contributed by atoms with E-state index >= 15 is 0 Å². The molecule has 1 heterocycles. The van der Waals surface area contributed by atoms with Gasteiger partial charge in [-0.1, -0.05) is 20.8 Å². The third-order valence-electron chi connectivity index (χ3n) is 2.14. The molecule has 0 radical (unpaired) electrons. The number of aromatic nitrogens is 1. The molecule has 16 heavy (non-hydrogen) atoms. The first kappa shape index (κ1) is 14.9. The molecule has 5 heteroatoms. The van der Waals surface area contributed by atoms with E-state index < -0.39 is 6.04 Å². The summed E-state index contributed by atoms with van der Waals surface area (Å²) in [5.74, 6) is -0.185. The van der Waals surface area contributed by atoms with E-state index in [9.17, 15) is 4.79 Å².